The number of rotatable bonds is 1. The molecule has 0 fully saturated rings. The Morgan fingerprint density at radius 1 is 1.11 bits per heavy atom. The molecule has 0 spiro atoms. The first-order chi connectivity index (χ1) is 9.16. The van der Waals surface area contributed by atoms with Crippen LogP contribution in [0.4, 0.5) is 0 Å². The van der Waals surface area contributed by atoms with Gasteiger partial charge in [0.25, 0.3) is 5.56 Å². The van der Waals surface area contributed by atoms with Gasteiger partial charge in [0.2, 0.25) is 0 Å². The van der Waals surface area contributed by atoms with Crippen LogP contribution >= 0.6 is 0 Å². The zero-order valence-electron chi connectivity index (χ0n) is 10.8. The lowest BCUT2D eigenvalue weighted by Gasteiger charge is -2.08. The number of aromatic nitrogens is 3. The number of nitrogens with one attached hydrogen (secondary N) is 1. The van der Waals surface area contributed by atoms with E-state index in [0.29, 0.717) is 17.1 Å². The average Bonchev–Trinajstić information content (AvgIpc) is 2.42. The van der Waals surface area contributed by atoms with E-state index in [1.807, 2.05) is 30.3 Å². The summed E-state index contributed by atoms with van der Waals surface area (Å²) in [4.78, 5) is 23.4. The molecular formula is C15H13N3O. The van der Waals surface area contributed by atoms with Gasteiger partial charge in [-0.1, -0.05) is 24.3 Å². The highest BCUT2D eigenvalue weighted by Crippen LogP contribution is 2.26. The molecule has 0 atom stereocenters. The van der Waals surface area contributed by atoms with E-state index in [2.05, 4.69) is 15.0 Å². The fraction of sp³-hybridized carbons (Fsp3) is 0.133. The first-order valence-electron chi connectivity index (χ1n) is 6.08. The molecule has 4 nitrogen and oxygen atoms in total. The molecule has 2 heterocycles. The Labute approximate surface area is 110 Å². The zero-order valence-corrected chi connectivity index (χ0v) is 10.8. The van der Waals surface area contributed by atoms with Crippen LogP contribution in [0.1, 0.15) is 11.4 Å². The number of nitrogens with zero attached hydrogens (tertiary/aromatic N) is 2. The van der Waals surface area contributed by atoms with Gasteiger partial charge in [0, 0.05) is 22.7 Å². The van der Waals surface area contributed by atoms with Gasteiger partial charge < -0.3 is 4.98 Å². The lowest BCUT2D eigenvalue weighted by Crippen LogP contribution is -2.14. The predicted octanol–water partition coefficient (Wildman–Crippen LogP) is 2.60. The molecule has 3 aromatic rings. The van der Waals surface area contributed by atoms with Crippen LogP contribution in [-0.2, 0) is 0 Å². The number of aryl methyl sites for hydroxylation is 1. The molecule has 94 valence electrons. The molecule has 4 heteroatoms. The van der Waals surface area contributed by atoms with Gasteiger partial charge in [-0.05, 0) is 19.9 Å². The summed E-state index contributed by atoms with van der Waals surface area (Å²) in [6.45, 7) is 3.56. The topological polar surface area (TPSA) is 58.6 Å². The van der Waals surface area contributed by atoms with Gasteiger partial charge in [-0.25, -0.2) is 4.98 Å². The van der Waals surface area contributed by atoms with E-state index in [4.69, 9.17) is 0 Å². The molecule has 0 aliphatic carbocycles. The number of H-pyrrole nitrogens is 1. The summed E-state index contributed by atoms with van der Waals surface area (Å²) < 4.78 is 0. The lowest BCUT2D eigenvalue weighted by atomic mass is 10.0. The van der Waals surface area contributed by atoms with Crippen molar-refractivity contribution in [2.45, 2.75) is 13.8 Å². The van der Waals surface area contributed by atoms with Crippen LogP contribution in [0.2, 0.25) is 0 Å². The average molecular weight is 251 g/mol. The SMILES string of the molecule is Cc1nc(-c2cccc3cccnc23)c(C)c(=O)[nH]1. The maximum atomic E-state index is 11.9. The molecule has 19 heavy (non-hydrogen) atoms. The van der Waals surface area contributed by atoms with Gasteiger partial charge in [-0.2, -0.15) is 0 Å². The van der Waals surface area contributed by atoms with Gasteiger partial charge >= 0.3 is 0 Å². The number of fused-ring (bicyclic) bond motifs is 1. The molecule has 0 amide bonds. The van der Waals surface area contributed by atoms with E-state index in [9.17, 15) is 4.79 Å². The number of benzene rings is 1. The Hall–Kier alpha value is -2.49. The van der Waals surface area contributed by atoms with Crippen molar-refractivity contribution in [2.75, 3.05) is 0 Å². The van der Waals surface area contributed by atoms with Crippen LogP contribution in [-0.4, -0.2) is 15.0 Å². The molecule has 0 aliphatic heterocycles. The second kappa shape index (κ2) is 4.31. The minimum Gasteiger partial charge on any atom is -0.311 e. The zero-order chi connectivity index (χ0) is 13.4. The fourth-order valence-corrected chi connectivity index (χ4v) is 2.20. The molecule has 0 radical (unpaired) electrons. The van der Waals surface area contributed by atoms with Gasteiger partial charge in [-0.15, -0.1) is 0 Å². The van der Waals surface area contributed by atoms with E-state index in [0.717, 1.165) is 16.5 Å². The fourth-order valence-electron chi connectivity index (χ4n) is 2.20. The summed E-state index contributed by atoms with van der Waals surface area (Å²) in [5.41, 5.74) is 2.97. The van der Waals surface area contributed by atoms with Crippen molar-refractivity contribution in [3.8, 4) is 11.3 Å². The molecule has 2 aromatic heterocycles. The van der Waals surface area contributed by atoms with Gasteiger partial charge in [0.1, 0.15) is 5.82 Å². The first-order valence-corrected chi connectivity index (χ1v) is 6.08. The molecule has 0 saturated carbocycles. The van der Waals surface area contributed by atoms with Crippen molar-refractivity contribution in [1.82, 2.24) is 15.0 Å². The van der Waals surface area contributed by atoms with Crippen LogP contribution in [0.25, 0.3) is 22.2 Å². The van der Waals surface area contributed by atoms with E-state index >= 15 is 0 Å². The molecule has 1 N–H and O–H groups in total. The van der Waals surface area contributed by atoms with Crippen LogP contribution < -0.4 is 5.56 Å². The van der Waals surface area contributed by atoms with Gasteiger partial charge in [0.15, 0.2) is 0 Å². The van der Waals surface area contributed by atoms with Gasteiger partial charge in [0.05, 0.1) is 11.2 Å². The summed E-state index contributed by atoms with van der Waals surface area (Å²) in [5, 5.41) is 1.04. The smallest absolute Gasteiger partial charge is 0.254 e. The van der Waals surface area contributed by atoms with E-state index in [1.54, 1.807) is 20.0 Å². The monoisotopic (exact) mass is 251 g/mol. The van der Waals surface area contributed by atoms with Crippen molar-refractivity contribution < 1.29 is 0 Å². The minimum absolute atomic E-state index is 0.101. The predicted molar refractivity (Wildman–Crippen MR) is 75.1 cm³/mol. The molecule has 0 bridgehead atoms. The maximum Gasteiger partial charge on any atom is 0.254 e. The van der Waals surface area contributed by atoms with Crippen molar-refractivity contribution in [3.63, 3.8) is 0 Å². The summed E-state index contributed by atoms with van der Waals surface area (Å²) >= 11 is 0. The Balaban J connectivity index is 2.40. The quantitative estimate of drug-likeness (QED) is 0.723. The molecule has 0 saturated heterocycles. The largest absolute Gasteiger partial charge is 0.311 e. The summed E-state index contributed by atoms with van der Waals surface area (Å²) in [6, 6.07) is 9.80. The highest BCUT2D eigenvalue weighted by Gasteiger charge is 2.11. The Morgan fingerprint density at radius 3 is 2.74 bits per heavy atom. The summed E-state index contributed by atoms with van der Waals surface area (Å²) in [6.07, 6.45) is 1.75. The van der Waals surface area contributed by atoms with E-state index in [-0.39, 0.29) is 5.56 Å². The van der Waals surface area contributed by atoms with Crippen LogP contribution in [0.15, 0.2) is 41.3 Å². The number of pyridine rings is 1. The molecule has 1 aromatic carbocycles. The third-order valence-electron chi connectivity index (χ3n) is 3.16. The normalized spacial score (nSPS) is 10.8. The van der Waals surface area contributed by atoms with Crippen molar-refractivity contribution in [2.24, 2.45) is 0 Å². The number of hydrogen-bond donors (Lipinski definition) is 1. The Bertz CT molecular complexity index is 816. The second-order valence-corrected chi connectivity index (χ2v) is 4.51. The molecular weight excluding hydrogens is 238 g/mol. The molecule has 3 rings (SSSR count). The summed E-state index contributed by atoms with van der Waals surface area (Å²) in [5.74, 6) is 0.610. The third kappa shape index (κ3) is 1.91. The summed E-state index contributed by atoms with van der Waals surface area (Å²) in [7, 11) is 0. The van der Waals surface area contributed by atoms with Crippen LogP contribution in [0.3, 0.4) is 0 Å². The molecule has 0 aliphatic rings. The Kier molecular flexibility index (Phi) is 2.63. The number of hydrogen-bond acceptors (Lipinski definition) is 3. The van der Waals surface area contributed by atoms with Crippen LogP contribution in [0.5, 0.6) is 0 Å². The number of para-hydroxylation sites is 1. The van der Waals surface area contributed by atoms with Crippen molar-refractivity contribution >= 4 is 10.9 Å². The standard InChI is InChI=1S/C15H13N3O/c1-9-13(17-10(2)18-15(9)19)12-7-3-5-11-6-4-8-16-14(11)12/h3-8H,1-2H3,(H,17,18,19). The van der Waals surface area contributed by atoms with Crippen molar-refractivity contribution in [1.29, 1.82) is 0 Å². The second-order valence-electron chi connectivity index (χ2n) is 4.51. The minimum atomic E-state index is -0.101. The van der Waals surface area contributed by atoms with Crippen LogP contribution in [0, 0.1) is 13.8 Å². The maximum absolute atomic E-state index is 11.9. The third-order valence-corrected chi connectivity index (χ3v) is 3.16. The highest BCUT2D eigenvalue weighted by atomic mass is 16.1. The molecule has 0 unspecified atom stereocenters. The van der Waals surface area contributed by atoms with Crippen molar-refractivity contribution in [3.05, 3.63) is 58.3 Å². The van der Waals surface area contributed by atoms with Gasteiger partial charge in [-0.3, -0.25) is 9.78 Å². The van der Waals surface area contributed by atoms with E-state index in [1.165, 1.54) is 0 Å². The first kappa shape index (κ1) is 11.6. The van der Waals surface area contributed by atoms with E-state index < -0.39 is 0 Å². The lowest BCUT2D eigenvalue weighted by molar-refractivity contribution is 1.000. The highest BCUT2D eigenvalue weighted by molar-refractivity contribution is 5.93. The Morgan fingerprint density at radius 2 is 1.89 bits per heavy atom. The number of aromatic amines is 1.